The molecule has 22 heavy (non-hydrogen) atoms. The van der Waals surface area contributed by atoms with E-state index in [9.17, 15) is 19.8 Å². The molecule has 0 amide bonds. The van der Waals surface area contributed by atoms with E-state index in [0.29, 0.717) is 11.1 Å². The molecule has 0 aromatic heterocycles. The van der Waals surface area contributed by atoms with Crippen LogP contribution in [0.2, 0.25) is 0 Å². The van der Waals surface area contributed by atoms with Crippen LogP contribution in [-0.2, 0) is 22.4 Å². The molecule has 0 saturated heterocycles. The Bertz CT molecular complexity index is 568. The molecule has 0 aliphatic rings. The minimum atomic E-state index is -2.08. The molecule has 4 nitrogen and oxygen atoms in total. The number of carboxylic acid groups (broad SMARTS) is 2. The van der Waals surface area contributed by atoms with Crippen molar-refractivity contribution in [1.29, 1.82) is 0 Å². The molecule has 0 saturated carbocycles. The first-order chi connectivity index (χ1) is 10.0. The Labute approximate surface area is 144 Å². The predicted octanol–water partition coefficient (Wildman–Crippen LogP) is -0.423. The van der Waals surface area contributed by atoms with E-state index in [1.165, 1.54) is 0 Å². The first kappa shape index (κ1) is 18.2. The molecule has 2 aromatic carbocycles. The van der Waals surface area contributed by atoms with E-state index < -0.39 is 17.4 Å². The van der Waals surface area contributed by atoms with Crippen molar-refractivity contribution in [3.05, 3.63) is 71.8 Å². The molecule has 0 radical (unpaired) electrons. The number of hydrogen-bond donors (Lipinski definition) is 0. The van der Waals surface area contributed by atoms with Gasteiger partial charge in [0.1, 0.15) is 0 Å². The zero-order chi connectivity index (χ0) is 15.3. The average molecular weight is 307 g/mol. The molecule has 0 bridgehead atoms. The number of carboxylic acids is 2. The smallest absolute Gasteiger partial charge is 0.549 e. The maximum atomic E-state index is 11.5. The van der Waals surface area contributed by atoms with Crippen LogP contribution >= 0.6 is 0 Å². The fourth-order valence-corrected chi connectivity index (χ4v) is 2.32. The normalized spacial score (nSPS) is 10.5. The maximum Gasteiger partial charge on any atom is 2.00 e. The molecule has 0 heterocycles. The third-order valence-corrected chi connectivity index (χ3v) is 3.48. The second kappa shape index (κ2) is 7.96. The minimum absolute atomic E-state index is 0. The molecule has 108 valence electrons. The van der Waals surface area contributed by atoms with Gasteiger partial charge in [0.25, 0.3) is 0 Å². The van der Waals surface area contributed by atoms with Crippen molar-refractivity contribution in [3.63, 3.8) is 0 Å². The third kappa shape index (κ3) is 4.08. The van der Waals surface area contributed by atoms with Crippen molar-refractivity contribution in [2.75, 3.05) is 0 Å². The summed E-state index contributed by atoms with van der Waals surface area (Å²) in [6.07, 6.45) is -0.346. The summed E-state index contributed by atoms with van der Waals surface area (Å²) < 4.78 is 0. The summed E-state index contributed by atoms with van der Waals surface area (Å²) in [5, 5.41) is 23.1. The largest absolute Gasteiger partial charge is 2.00 e. The molecule has 0 atom stereocenters. The topological polar surface area (TPSA) is 80.3 Å². The van der Waals surface area contributed by atoms with Gasteiger partial charge in [-0.15, -0.1) is 0 Å². The van der Waals surface area contributed by atoms with Gasteiger partial charge < -0.3 is 19.8 Å². The Morgan fingerprint density at radius 3 is 1.32 bits per heavy atom. The summed E-state index contributed by atoms with van der Waals surface area (Å²) in [5.41, 5.74) is -0.855. The van der Waals surface area contributed by atoms with Crippen molar-refractivity contribution < 1.29 is 19.8 Å². The van der Waals surface area contributed by atoms with Gasteiger partial charge in [0.15, 0.2) is 0 Å². The third-order valence-electron chi connectivity index (χ3n) is 3.48. The van der Waals surface area contributed by atoms with E-state index in [4.69, 9.17) is 0 Å². The van der Waals surface area contributed by atoms with E-state index in [0.717, 1.165) is 0 Å². The quantitative estimate of drug-likeness (QED) is 0.536. The fourth-order valence-electron chi connectivity index (χ4n) is 2.32. The molecule has 0 N–H and O–H groups in total. The van der Waals surface area contributed by atoms with Crippen molar-refractivity contribution in [2.45, 2.75) is 12.8 Å². The van der Waals surface area contributed by atoms with Gasteiger partial charge in [-0.3, -0.25) is 0 Å². The molecule has 0 fully saturated rings. The van der Waals surface area contributed by atoms with Gasteiger partial charge in [-0.2, -0.15) is 0 Å². The summed E-state index contributed by atoms with van der Waals surface area (Å²) in [6, 6.07) is 17.2. The van der Waals surface area contributed by atoms with Crippen LogP contribution in [0.25, 0.3) is 0 Å². The molecule has 2 aromatic rings. The summed E-state index contributed by atoms with van der Waals surface area (Å²) >= 11 is 0. The molecule has 2 rings (SSSR count). The fraction of sp³-hybridized carbons (Fsp3) is 0.176. The molecule has 0 aliphatic carbocycles. The molecule has 0 unspecified atom stereocenters. The molecule has 0 aliphatic heterocycles. The second-order valence-corrected chi connectivity index (χ2v) is 4.98. The number of carbonyl (C=O) groups is 2. The van der Waals surface area contributed by atoms with Crippen molar-refractivity contribution in [3.8, 4) is 0 Å². The van der Waals surface area contributed by atoms with Crippen molar-refractivity contribution in [2.24, 2.45) is 5.41 Å². The summed E-state index contributed by atoms with van der Waals surface area (Å²) in [5.74, 6) is -3.26. The number of rotatable bonds is 6. The molecule has 0 spiro atoms. The zero-order valence-corrected chi connectivity index (χ0v) is 13.4. The van der Waals surface area contributed by atoms with Gasteiger partial charge in [0.2, 0.25) is 0 Å². The first-order valence-electron chi connectivity index (χ1n) is 6.55. The van der Waals surface area contributed by atoms with Crippen LogP contribution in [0, 0.1) is 5.41 Å². The Morgan fingerprint density at radius 2 is 1.05 bits per heavy atom. The van der Waals surface area contributed by atoms with Crippen LogP contribution in [0.1, 0.15) is 11.1 Å². The van der Waals surface area contributed by atoms with E-state index in [1.54, 1.807) is 60.7 Å². The van der Waals surface area contributed by atoms with Gasteiger partial charge in [-0.25, -0.2) is 0 Å². The monoisotopic (exact) mass is 306 g/mol. The van der Waals surface area contributed by atoms with Gasteiger partial charge in [-0.05, 0) is 24.0 Å². The zero-order valence-electron chi connectivity index (χ0n) is 12.0. The molecular weight excluding hydrogens is 292 g/mol. The van der Waals surface area contributed by atoms with Gasteiger partial charge >= 0.3 is 23.1 Å². The molecule has 5 heteroatoms. The number of hydrogen-bond acceptors (Lipinski definition) is 4. The standard InChI is InChI=1S/C17H16O4.Mg/c18-15(19)17(16(20)21,11-13-7-3-1-4-8-13)12-14-9-5-2-6-10-14;/h1-10H,11-12H2,(H,18,19)(H,20,21);/q;+2/p-2. The van der Waals surface area contributed by atoms with Gasteiger partial charge in [-0.1, -0.05) is 60.7 Å². The Hall–Kier alpha value is -1.85. The Morgan fingerprint density at radius 1 is 0.727 bits per heavy atom. The Balaban J connectivity index is 0.00000242. The van der Waals surface area contributed by atoms with Gasteiger partial charge in [0, 0.05) is 0 Å². The summed E-state index contributed by atoms with van der Waals surface area (Å²) in [4.78, 5) is 23.1. The maximum absolute atomic E-state index is 11.5. The van der Waals surface area contributed by atoms with E-state index in [2.05, 4.69) is 0 Å². The van der Waals surface area contributed by atoms with Crippen molar-refractivity contribution in [1.82, 2.24) is 0 Å². The van der Waals surface area contributed by atoms with Crippen LogP contribution in [0.5, 0.6) is 0 Å². The second-order valence-electron chi connectivity index (χ2n) is 4.98. The average Bonchev–Trinajstić information content (AvgIpc) is 2.48. The SMILES string of the molecule is O=C([O-])C(Cc1ccccc1)(Cc1ccccc1)C(=O)[O-].[Mg+2]. The first-order valence-corrected chi connectivity index (χ1v) is 6.55. The van der Waals surface area contributed by atoms with Crippen LogP contribution in [0.4, 0.5) is 0 Å². The summed E-state index contributed by atoms with van der Waals surface area (Å²) in [6.45, 7) is 0. The van der Waals surface area contributed by atoms with Crippen LogP contribution < -0.4 is 10.2 Å². The van der Waals surface area contributed by atoms with Crippen molar-refractivity contribution >= 4 is 35.0 Å². The predicted molar refractivity (Wildman–Crippen MR) is 78.5 cm³/mol. The molecular formula is C17H14MgO4. The minimum Gasteiger partial charge on any atom is -0.549 e. The van der Waals surface area contributed by atoms with Gasteiger partial charge in [0.05, 0.1) is 17.4 Å². The van der Waals surface area contributed by atoms with Crippen LogP contribution in [-0.4, -0.2) is 35.0 Å². The number of carbonyl (C=O) groups excluding carboxylic acids is 2. The number of aliphatic carboxylic acids is 2. The van der Waals surface area contributed by atoms with Crippen LogP contribution in [0.15, 0.2) is 60.7 Å². The van der Waals surface area contributed by atoms with E-state index >= 15 is 0 Å². The van der Waals surface area contributed by atoms with Crippen LogP contribution in [0.3, 0.4) is 0 Å². The Kier molecular flexibility index (Phi) is 6.58. The number of benzene rings is 2. The summed E-state index contributed by atoms with van der Waals surface area (Å²) in [7, 11) is 0. The van der Waals surface area contributed by atoms with E-state index in [1.807, 2.05) is 0 Å². The van der Waals surface area contributed by atoms with E-state index in [-0.39, 0.29) is 35.9 Å².